The number of benzene rings is 1. The standard InChI is InChI=1S/C11H13N3O2S2/c1-18(15,16)14-11-13-10(7-17-11)9-4-2-8(6-12)3-5-9/h2-5,7H,6,12H2,1H3,(H,13,14). The van der Waals surface area contributed by atoms with Gasteiger partial charge in [-0.1, -0.05) is 24.3 Å². The van der Waals surface area contributed by atoms with E-state index in [2.05, 4.69) is 9.71 Å². The third-order valence-corrected chi connectivity index (χ3v) is 3.71. The first-order valence-electron chi connectivity index (χ1n) is 5.20. The van der Waals surface area contributed by atoms with Crippen LogP contribution in [-0.4, -0.2) is 19.7 Å². The molecule has 2 aromatic rings. The van der Waals surface area contributed by atoms with Gasteiger partial charge >= 0.3 is 0 Å². The van der Waals surface area contributed by atoms with Crippen molar-refractivity contribution in [2.45, 2.75) is 6.54 Å². The van der Waals surface area contributed by atoms with Gasteiger partial charge in [0.15, 0.2) is 5.13 Å². The molecule has 0 aliphatic carbocycles. The van der Waals surface area contributed by atoms with Crippen LogP contribution in [-0.2, 0) is 16.6 Å². The van der Waals surface area contributed by atoms with E-state index in [1.54, 1.807) is 0 Å². The summed E-state index contributed by atoms with van der Waals surface area (Å²) in [4.78, 5) is 4.22. The second-order valence-electron chi connectivity index (χ2n) is 3.81. The highest BCUT2D eigenvalue weighted by Crippen LogP contribution is 2.25. The van der Waals surface area contributed by atoms with E-state index in [9.17, 15) is 8.42 Å². The Bertz CT molecular complexity index is 633. The van der Waals surface area contributed by atoms with Gasteiger partial charge < -0.3 is 5.73 Å². The molecule has 0 saturated heterocycles. The summed E-state index contributed by atoms with van der Waals surface area (Å²) in [5.41, 5.74) is 8.25. The first-order chi connectivity index (χ1) is 8.48. The van der Waals surface area contributed by atoms with E-state index in [0.29, 0.717) is 11.7 Å². The lowest BCUT2D eigenvalue weighted by molar-refractivity contribution is 0.607. The molecular formula is C11H13N3O2S2. The molecule has 0 fully saturated rings. The molecule has 0 unspecified atom stereocenters. The Labute approximate surface area is 110 Å². The van der Waals surface area contributed by atoms with Gasteiger partial charge in [-0.2, -0.15) is 0 Å². The number of nitrogens with one attached hydrogen (secondary N) is 1. The van der Waals surface area contributed by atoms with E-state index in [4.69, 9.17) is 5.73 Å². The number of aromatic nitrogens is 1. The Balaban J connectivity index is 2.23. The van der Waals surface area contributed by atoms with Gasteiger partial charge in [-0.15, -0.1) is 11.3 Å². The Hall–Kier alpha value is -1.44. The molecule has 5 nitrogen and oxygen atoms in total. The summed E-state index contributed by atoms with van der Waals surface area (Å²) < 4.78 is 24.5. The normalized spacial score (nSPS) is 11.4. The first-order valence-corrected chi connectivity index (χ1v) is 7.98. The predicted octanol–water partition coefficient (Wildman–Crippen LogP) is 1.64. The lowest BCUT2D eigenvalue weighted by atomic mass is 10.1. The van der Waals surface area contributed by atoms with Crippen molar-refractivity contribution in [3.8, 4) is 11.3 Å². The Morgan fingerprint density at radius 3 is 2.56 bits per heavy atom. The van der Waals surface area contributed by atoms with Crippen LogP contribution in [0.5, 0.6) is 0 Å². The summed E-state index contributed by atoms with van der Waals surface area (Å²) >= 11 is 1.26. The SMILES string of the molecule is CS(=O)(=O)Nc1nc(-c2ccc(CN)cc2)cs1. The lowest BCUT2D eigenvalue weighted by Gasteiger charge is -1.99. The molecule has 0 amide bonds. The van der Waals surface area contributed by atoms with Crippen molar-refractivity contribution < 1.29 is 8.42 Å². The predicted molar refractivity (Wildman–Crippen MR) is 73.9 cm³/mol. The zero-order valence-electron chi connectivity index (χ0n) is 9.75. The van der Waals surface area contributed by atoms with Crippen LogP contribution in [0.1, 0.15) is 5.56 Å². The second kappa shape index (κ2) is 5.05. The summed E-state index contributed by atoms with van der Waals surface area (Å²) in [7, 11) is -3.28. The number of nitrogens with two attached hydrogens (primary N) is 1. The van der Waals surface area contributed by atoms with Crippen LogP contribution in [0.25, 0.3) is 11.3 Å². The van der Waals surface area contributed by atoms with Crippen molar-refractivity contribution in [2.24, 2.45) is 5.73 Å². The molecule has 96 valence electrons. The van der Waals surface area contributed by atoms with Crippen LogP contribution in [0.4, 0.5) is 5.13 Å². The fourth-order valence-electron chi connectivity index (χ4n) is 1.42. The quantitative estimate of drug-likeness (QED) is 0.893. The van der Waals surface area contributed by atoms with Crippen molar-refractivity contribution in [3.05, 3.63) is 35.2 Å². The van der Waals surface area contributed by atoms with Crippen molar-refractivity contribution in [1.29, 1.82) is 0 Å². The van der Waals surface area contributed by atoms with Crippen molar-refractivity contribution >= 4 is 26.5 Å². The average molecular weight is 283 g/mol. The zero-order valence-corrected chi connectivity index (χ0v) is 11.4. The maximum absolute atomic E-state index is 11.1. The molecule has 18 heavy (non-hydrogen) atoms. The molecule has 0 aliphatic rings. The molecular weight excluding hydrogens is 270 g/mol. The molecule has 7 heteroatoms. The molecule has 3 N–H and O–H groups in total. The van der Waals surface area contributed by atoms with Crippen LogP contribution >= 0.6 is 11.3 Å². The molecule has 0 atom stereocenters. The monoisotopic (exact) mass is 283 g/mol. The van der Waals surface area contributed by atoms with Gasteiger partial charge in [0, 0.05) is 17.5 Å². The third-order valence-electron chi connectivity index (χ3n) is 2.26. The lowest BCUT2D eigenvalue weighted by Crippen LogP contribution is -2.09. The summed E-state index contributed by atoms with van der Waals surface area (Å²) in [6, 6.07) is 7.69. The molecule has 0 radical (unpaired) electrons. The number of rotatable bonds is 4. The maximum Gasteiger partial charge on any atom is 0.231 e. The van der Waals surface area contributed by atoms with Crippen LogP contribution in [0.15, 0.2) is 29.6 Å². The van der Waals surface area contributed by atoms with Gasteiger partial charge in [0.25, 0.3) is 0 Å². The highest BCUT2D eigenvalue weighted by Gasteiger charge is 2.08. The van der Waals surface area contributed by atoms with E-state index < -0.39 is 10.0 Å². The fourth-order valence-corrected chi connectivity index (χ4v) is 3.00. The van der Waals surface area contributed by atoms with Crippen LogP contribution in [0.3, 0.4) is 0 Å². The Morgan fingerprint density at radius 1 is 1.33 bits per heavy atom. The Morgan fingerprint density at radius 2 is 2.00 bits per heavy atom. The fraction of sp³-hybridized carbons (Fsp3) is 0.182. The molecule has 2 rings (SSSR count). The van der Waals surface area contributed by atoms with Crippen molar-refractivity contribution in [3.63, 3.8) is 0 Å². The summed E-state index contributed by atoms with van der Waals surface area (Å²) in [6.45, 7) is 0.498. The van der Waals surface area contributed by atoms with Gasteiger partial charge in [0.2, 0.25) is 10.0 Å². The average Bonchev–Trinajstić information content (AvgIpc) is 2.75. The number of sulfonamides is 1. The molecule has 0 aliphatic heterocycles. The summed E-state index contributed by atoms with van der Waals surface area (Å²) in [5, 5.41) is 2.18. The van der Waals surface area contributed by atoms with Crippen molar-refractivity contribution in [2.75, 3.05) is 11.0 Å². The maximum atomic E-state index is 11.1. The van der Waals surface area contributed by atoms with E-state index in [-0.39, 0.29) is 0 Å². The van der Waals surface area contributed by atoms with E-state index in [0.717, 1.165) is 23.1 Å². The van der Waals surface area contributed by atoms with Gasteiger partial charge in [-0.05, 0) is 5.56 Å². The number of thiazole rings is 1. The first kappa shape index (κ1) is 13.0. The Kier molecular flexibility index (Phi) is 3.65. The largest absolute Gasteiger partial charge is 0.326 e. The molecule has 1 heterocycles. The van der Waals surface area contributed by atoms with Crippen molar-refractivity contribution in [1.82, 2.24) is 4.98 Å². The molecule has 0 bridgehead atoms. The molecule has 0 spiro atoms. The van der Waals surface area contributed by atoms with E-state index in [1.165, 1.54) is 11.3 Å². The third kappa shape index (κ3) is 3.28. The minimum Gasteiger partial charge on any atom is -0.326 e. The van der Waals surface area contributed by atoms with Crippen LogP contribution in [0.2, 0.25) is 0 Å². The zero-order chi connectivity index (χ0) is 13.2. The van der Waals surface area contributed by atoms with Gasteiger partial charge in [0.05, 0.1) is 11.9 Å². The van der Waals surface area contributed by atoms with Gasteiger partial charge in [-0.25, -0.2) is 13.4 Å². The van der Waals surface area contributed by atoms with Crippen LogP contribution in [0, 0.1) is 0 Å². The molecule has 0 saturated carbocycles. The van der Waals surface area contributed by atoms with E-state index >= 15 is 0 Å². The highest BCUT2D eigenvalue weighted by atomic mass is 32.2. The number of nitrogens with zero attached hydrogens (tertiary/aromatic N) is 1. The summed E-state index contributed by atoms with van der Waals surface area (Å²) in [5.74, 6) is 0. The van der Waals surface area contributed by atoms with E-state index in [1.807, 2.05) is 29.6 Å². The van der Waals surface area contributed by atoms with Gasteiger partial charge in [-0.3, -0.25) is 4.72 Å². The number of anilines is 1. The second-order valence-corrected chi connectivity index (χ2v) is 6.42. The number of hydrogen-bond donors (Lipinski definition) is 2. The minimum atomic E-state index is -3.28. The smallest absolute Gasteiger partial charge is 0.231 e. The topological polar surface area (TPSA) is 85.1 Å². The highest BCUT2D eigenvalue weighted by molar-refractivity contribution is 7.92. The molecule has 1 aromatic carbocycles. The van der Waals surface area contributed by atoms with Gasteiger partial charge in [0.1, 0.15) is 0 Å². The number of hydrogen-bond acceptors (Lipinski definition) is 5. The minimum absolute atomic E-state index is 0.371. The molecule has 1 aromatic heterocycles. The summed E-state index contributed by atoms with van der Waals surface area (Å²) in [6.07, 6.45) is 1.10. The van der Waals surface area contributed by atoms with Crippen LogP contribution < -0.4 is 10.5 Å².